The van der Waals surface area contributed by atoms with E-state index in [1.54, 1.807) is 0 Å². The van der Waals surface area contributed by atoms with Crippen LogP contribution in [-0.4, -0.2) is 17.5 Å². The molecule has 104 valence electrons. The Morgan fingerprint density at radius 2 is 1.83 bits per heavy atom. The fourth-order valence-electron chi connectivity index (χ4n) is 3.57. The average Bonchev–Trinajstić information content (AvgIpc) is 2.80. The summed E-state index contributed by atoms with van der Waals surface area (Å²) in [5.41, 5.74) is 5.63. The molecule has 2 fully saturated rings. The van der Waals surface area contributed by atoms with Gasteiger partial charge in [-0.2, -0.15) is 0 Å². The Hall–Kier alpha value is -0.570. The molecule has 2 aliphatic rings. The minimum atomic E-state index is -0.555. The summed E-state index contributed by atoms with van der Waals surface area (Å²) >= 11 is 0. The molecule has 0 atom stereocenters. The first-order valence-corrected chi connectivity index (χ1v) is 7.74. The third-order valence-electron chi connectivity index (χ3n) is 4.83. The highest BCUT2D eigenvalue weighted by atomic mass is 16.2. The van der Waals surface area contributed by atoms with E-state index in [-0.39, 0.29) is 5.91 Å². The Labute approximate surface area is 111 Å². The normalized spacial score (nSPS) is 31.2. The standard InChI is InChI=1S/C15H28N2O/c1-2-5-12-6-8-13(9-7-12)17-14(18)15(16)10-3-4-11-15/h12-13H,2-11,16H2,1H3,(H,17,18). The molecule has 0 unspecified atom stereocenters. The van der Waals surface area contributed by atoms with Crippen LogP contribution in [0.3, 0.4) is 0 Å². The van der Waals surface area contributed by atoms with Gasteiger partial charge < -0.3 is 11.1 Å². The second-order valence-corrected chi connectivity index (χ2v) is 6.34. The second-order valence-electron chi connectivity index (χ2n) is 6.34. The van der Waals surface area contributed by atoms with E-state index in [0.717, 1.165) is 44.4 Å². The molecule has 0 aromatic carbocycles. The van der Waals surface area contributed by atoms with Crippen molar-refractivity contribution in [2.75, 3.05) is 0 Å². The van der Waals surface area contributed by atoms with E-state index >= 15 is 0 Å². The Bertz CT molecular complexity index is 276. The molecule has 0 aromatic heterocycles. The molecule has 2 saturated carbocycles. The predicted molar refractivity (Wildman–Crippen MR) is 74.2 cm³/mol. The van der Waals surface area contributed by atoms with Crippen molar-refractivity contribution in [3.63, 3.8) is 0 Å². The average molecular weight is 252 g/mol. The van der Waals surface area contributed by atoms with Crippen LogP contribution in [0.2, 0.25) is 0 Å². The lowest BCUT2D eigenvalue weighted by molar-refractivity contribution is -0.127. The molecule has 0 radical (unpaired) electrons. The topological polar surface area (TPSA) is 55.1 Å². The Balaban J connectivity index is 1.76. The van der Waals surface area contributed by atoms with Crippen molar-refractivity contribution in [1.29, 1.82) is 0 Å². The fourth-order valence-corrected chi connectivity index (χ4v) is 3.57. The highest BCUT2D eigenvalue weighted by molar-refractivity contribution is 5.86. The van der Waals surface area contributed by atoms with Crippen molar-refractivity contribution in [3.8, 4) is 0 Å². The van der Waals surface area contributed by atoms with Gasteiger partial charge in [0.2, 0.25) is 5.91 Å². The Morgan fingerprint density at radius 1 is 1.22 bits per heavy atom. The van der Waals surface area contributed by atoms with Crippen LogP contribution in [0, 0.1) is 5.92 Å². The molecule has 1 amide bonds. The predicted octanol–water partition coefficient (Wildman–Crippen LogP) is 2.73. The van der Waals surface area contributed by atoms with Crippen LogP contribution in [-0.2, 0) is 4.79 Å². The van der Waals surface area contributed by atoms with Gasteiger partial charge in [0.25, 0.3) is 0 Å². The molecule has 2 rings (SSSR count). The number of rotatable bonds is 4. The van der Waals surface area contributed by atoms with Gasteiger partial charge in [0.15, 0.2) is 0 Å². The molecule has 0 heterocycles. The summed E-state index contributed by atoms with van der Waals surface area (Å²) in [6.45, 7) is 2.26. The summed E-state index contributed by atoms with van der Waals surface area (Å²) in [4.78, 5) is 12.2. The quantitative estimate of drug-likeness (QED) is 0.808. The molecule has 0 aromatic rings. The van der Waals surface area contributed by atoms with Gasteiger partial charge in [0.05, 0.1) is 5.54 Å². The minimum Gasteiger partial charge on any atom is -0.352 e. The number of hydrogen-bond acceptors (Lipinski definition) is 2. The van der Waals surface area contributed by atoms with E-state index in [2.05, 4.69) is 12.2 Å². The summed E-state index contributed by atoms with van der Waals surface area (Å²) in [6, 6.07) is 0.381. The summed E-state index contributed by atoms with van der Waals surface area (Å²) in [7, 11) is 0. The van der Waals surface area contributed by atoms with Gasteiger partial charge in [-0.15, -0.1) is 0 Å². The van der Waals surface area contributed by atoms with Crippen molar-refractivity contribution in [2.45, 2.75) is 82.7 Å². The molecule has 18 heavy (non-hydrogen) atoms. The van der Waals surface area contributed by atoms with Gasteiger partial charge in [-0.25, -0.2) is 0 Å². The van der Waals surface area contributed by atoms with Crippen LogP contribution in [0.4, 0.5) is 0 Å². The molecule has 3 N–H and O–H groups in total. The van der Waals surface area contributed by atoms with E-state index in [4.69, 9.17) is 5.73 Å². The zero-order valence-electron chi connectivity index (χ0n) is 11.7. The first-order chi connectivity index (χ1) is 8.64. The maximum atomic E-state index is 12.2. The SMILES string of the molecule is CCCC1CCC(NC(=O)C2(N)CCCC2)CC1. The van der Waals surface area contributed by atoms with Crippen LogP contribution in [0.1, 0.15) is 71.1 Å². The lowest BCUT2D eigenvalue weighted by atomic mass is 9.83. The minimum absolute atomic E-state index is 0.110. The van der Waals surface area contributed by atoms with Crippen LogP contribution in [0.5, 0.6) is 0 Å². The number of carbonyl (C=O) groups excluding carboxylic acids is 1. The smallest absolute Gasteiger partial charge is 0.240 e. The lowest BCUT2D eigenvalue weighted by Crippen LogP contribution is -2.54. The van der Waals surface area contributed by atoms with E-state index in [1.807, 2.05) is 0 Å². The summed E-state index contributed by atoms with van der Waals surface area (Å²) < 4.78 is 0. The van der Waals surface area contributed by atoms with Crippen LogP contribution in [0.15, 0.2) is 0 Å². The van der Waals surface area contributed by atoms with Gasteiger partial charge >= 0.3 is 0 Å². The molecular formula is C15H28N2O. The lowest BCUT2D eigenvalue weighted by Gasteiger charge is -2.32. The van der Waals surface area contributed by atoms with Crippen molar-refractivity contribution >= 4 is 5.91 Å². The number of nitrogens with two attached hydrogens (primary N) is 1. The largest absolute Gasteiger partial charge is 0.352 e. The summed E-state index contributed by atoms with van der Waals surface area (Å²) in [5, 5.41) is 3.20. The maximum Gasteiger partial charge on any atom is 0.240 e. The molecule has 3 heteroatoms. The number of amides is 1. The van der Waals surface area contributed by atoms with Gasteiger partial charge in [-0.1, -0.05) is 32.6 Å². The number of nitrogens with one attached hydrogen (secondary N) is 1. The van der Waals surface area contributed by atoms with Crippen molar-refractivity contribution in [3.05, 3.63) is 0 Å². The Morgan fingerprint density at radius 3 is 2.39 bits per heavy atom. The van der Waals surface area contributed by atoms with Gasteiger partial charge in [0.1, 0.15) is 0 Å². The van der Waals surface area contributed by atoms with E-state index < -0.39 is 5.54 Å². The molecule has 0 bridgehead atoms. The molecule has 0 aliphatic heterocycles. The first kappa shape index (κ1) is 13.9. The monoisotopic (exact) mass is 252 g/mol. The zero-order chi connectivity index (χ0) is 13.0. The number of hydrogen-bond donors (Lipinski definition) is 2. The van der Waals surface area contributed by atoms with Crippen molar-refractivity contribution < 1.29 is 4.79 Å². The Kier molecular flexibility index (Phi) is 4.66. The highest BCUT2D eigenvalue weighted by Crippen LogP contribution is 2.30. The summed E-state index contributed by atoms with van der Waals surface area (Å²) in [5.74, 6) is 1.00. The van der Waals surface area contributed by atoms with Crippen LogP contribution < -0.4 is 11.1 Å². The molecule has 3 nitrogen and oxygen atoms in total. The maximum absolute atomic E-state index is 12.2. The highest BCUT2D eigenvalue weighted by Gasteiger charge is 2.38. The van der Waals surface area contributed by atoms with E-state index in [1.165, 1.54) is 25.7 Å². The van der Waals surface area contributed by atoms with E-state index in [0.29, 0.717) is 6.04 Å². The van der Waals surface area contributed by atoms with Gasteiger partial charge in [0, 0.05) is 6.04 Å². The summed E-state index contributed by atoms with van der Waals surface area (Å²) in [6.07, 6.45) is 11.4. The fraction of sp³-hybridized carbons (Fsp3) is 0.933. The zero-order valence-corrected chi connectivity index (χ0v) is 11.7. The molecule has 0 saturated heterocycles. The second kappa shape index (κ2) is 6.05. The van der Waals surface area contributed by atoms with Crippen molar-refractivity contribution in [2.24, 2.45) is 11.7 Å². The molecule has 0 spiro atoms. The van der Waals surface area contributed by atoms with Gasteiger partial charge in [-0.05, 0) is 44.4 Å². The molecular weight excluding hydrogens is 224 g/mol. The number of carbonyl (C=O) groups is 1. The van der Waals surface area contributed by atoms with Crippen LogP contribution >= 0.6 is 0 Å². The van der Waals surface area contributed by atoms with E-state index in [9.17, 15) is 4.79 Å². The molecule has 2 aliphatic carbocycles. The van der Waals surface area contributed by atoms with Crippen molar-refractivity contribution in [1.82, 2.24) is 5.32 Å². The first-order valence-electron chi connectivity index (χ1n) is 7.74. The van der Waals surface area contributed by atoms with Crippen LogP contribution in [0.25, 0.3) is 0 Å². The third-order valence-corrected chi connectivity index (χ3v) is 4.83. The third kappa shape index (κ3) is 3.25. The van der Waals surface area contributed by atoms with Gasteiger partial charge in [-0.3, -0.25) is 4.79 Å².